The highest BCUT2D eigenvalue weighted by Crippen LogP contribution is 2.45. The summed E-state index contributed by atoms with van der Waals surface area (Å²) in [5.41, 5.74) is 3.55. The number of rotatable bonds is 4. The predicted octanol–water partition coefficient (Wildman–Crippen LogP) is 3.46. The van der Waals surface area contributed by atoms with E-state index in [2.05, 4.69) is 58.3 Å². The van der Waals surface area contributed by atoms with Crippen LogP contribution in [0.15, 0.2) is 54.6 Å². The molecule has 2 aromatic carbocycles. The Labute approximate surface area is 178 Å². The summed E-state index contributed by atoms with van der Waals surface area (Å²) >= 11 is 0. The van der Waals surface area contributed by atoms with Gasteiger partial charge in [0.1, 0.15) is 0 Å². The van der Waals surface area contributed by atoms with E-state index in [9.17, 15) is 9.59 Å². The van der Waals surface area contributed by atoms with Crippen molar-refractivity contribution in [2.75, 3.05) is 31.1 Å². The lowest BCUT2D eigenvalue weighted by atomic mass is 9.89. The molecule has 5 nitrogen and oxygen atoms in total. The number of likely N-dealkylation sites (tertiary alicyclic amines) is 2. The zero-order chi connectivity index (χ0) is 20.7. The largest absolute Gasteiger partial charge is 0.335 e. The van der Waals surface area contributed by atoms with Crippen molar-refractivity contribution in [2.24, 2.45) is 11.8 Å². The van der Waals surface area contributed by atoms with E-state index < -0.39 is 0 Å². The summed E-state index contributed by atoms with van der Waals surface area (Å²) in [6.07, 6.45) is 1.62. The van der Waals surface area contributed by atoms with Gasteiger partial charge in [-0.1, -0.05) is 42.5 Å². The number of nitrogens with zero attached hydrogens (tertiary/aromatic N) is 3. The van der Waals surface area contributed by atoms with E-state index in [0.717, 1.165) is 44.8 Å². The van der Waals surface area contributed by atoms with Gasteiger partial charge < -0.3 is 9.80 Å². The monoisotopic (exact) mass is 403 g/mol. The molecule has 0 radical (unpaired) electrons. The van der Waals surface area contributed by atoms with E-state index in [1.54, 1.807) is 6.92 Å². The van der Waals surface area contributed by atoms with Crippen LogP contribution in [0.25, 0.3) is 0 Å². The maximum absolute atomic E-state index is 12.3. The lowest BCUT2D eigenvalue weighted by Gasteiger charge is -2.29. The topological polar surface area (TPSA) is 43.9 Å². The second-order valence-corrected chi connectivity index (χ2v) is 8.96. The first-order valence-corrected chi connectivity index (χ1v) is 11.0. The van der Waals surface area contributed by atoms with E-state index >= 15 is 0 Å². The number of fused-ring (bicyclic) bond motifs is 1. The molecule has 2 aromatic rings. The Bertz CT molecular complexity index is 927. The van der Waals surface area contributed by atoms with Crippen molar-refractivity contribution >= 4 is 17.5 Å². The van der Waals surface area contributed by atoms with Gasteiger partial charge in [0.15, 0.2) is 0 Å². The fourth-order valence-corrected chi connectivity index (χ4v) is 5.63. The first kappa shape index (κ1) is 19.3. The summed E-state index contributed by atoms with van der Waals surface area (Å²) in [6, 6.07) is 19.2. The average molecular weight is 404 g/mol. The van der Waals surface area contributed by atoms with Crippen LogP contribution >= 0.6 is 0 Å². The number of anilines is 1. The molecule has 3 atom stereocenters. The van der Waals surface area contributed by atoms with Crippen LogP contribution in [0.1, 0.15) is 36.9 Å². The van der Waals surface area contributed by atoms with Gasteiger partial charge in [0, 0.05) is 57.7 Å². The van der Waals surface area contributed by atoms with Crippen LogP contribution in [0, 0.1) is 11.8 Å². The minimum absolute atomic E-state index is 0.178. The second kappa shape index (κ2) is 7.88. The molecule has 0 N–H and O–H groups in total. The van der Waals surface area contributed by atoms with Crippen LogP contribution in [0.2, 0.25) is 0 Å². The van der Waals surface area contributed by atoms with Gasteiger partial charge in [0.25, 0.3) is 0 Å². The Morgan fingerprint density at radius 3 is 2.43 bits per heavy atom. The van der Waals surface area contributed by atoms with Crippen LogP contribution in [0.3, 0.4) is 0 Å². The van der Waals surface area contributed by atoms with Gasteiger partial charge in [-0.05, 0) is 35.6 Å². The summed E-state index contributed by atoms with van der Waals surface area (Å²) in [4.78, 5) is 30.7. The zero-order valence-corrected chi connectivity index (χ0v) is 17.5. The molecule has 5 rings (SSSR count). The number of benzene rings is 2. The molecule has 5 heteroatoms. The minimum Gasteiger partial charge on any atom is -0.335 e. The maximum Gasteiger partial charge on any atom is 0.227 e. The van der Waals surface area contributed by atoms with Crippen molar-refractivity contribution in [2.45, 2.75) is 32.4 Å². The fourth-order valence-electron chi connectivity index (χ4n) is 5.63. The molecule has 3 fully saturated rings. The lowest BCUT2D eigenvalue weighted by Crippen LogP contribution is -2.34. The van der Waals surface area contributed by atoms with Crippen LogP contribution in [0.5, 0.6) is 0 Å². The average Bonchev–Trinajstić information content (AvgIpc) is 3.43. The predicted molar refractivity (Wildman–Crippen MR) is 117 cm³/mol. The van der Waals surface area contributed by atoms with Crippen LogP contribution in [-0.2, 0) is 16.1 Å². The Morgan fingerprint density at radius 2 is 1.77 bits per heavy atom. The number of hydrogen-bond acceptors (Lipinski definition) is 3. The van der Waals surface area contributed by atoms with E-state index in [4.69, 9.17) is 0 Å². The van der Waals surface area contributed by atoms with Gasteiger partial charge in [0.05, 0.1) is 6.04 Å². The molecule has 0 bridgehead atoms. The fraction of sp³-hybridized carbons (Fsp3) is 0.440. The van der Waals surface area contributed by atoms with E-state index in [1.807, 2.05) is 11.0 Å². The SMILES string of the molecule is CC(=O)N1C[C@H]2CN(Cc3ccc(N4CCCC4=O)cc3)C[C@H]2[C@@H]1c1ccccc1. The van der Waals surface area contributed by atoms with Crippen LogP contribution in [0.4, 0.5) is 5.69 Å². The molecule has 0 saturated carbocycles. The van der Waals surface area contributed by atoms with Crippen molar-refractivity contribution < 1.29 is 9.59 Å². The Kier molecular flexibility index (Phi) is 5.07. The van der Waals surface area contributed by atoms with Crippen LogP contribution < -0.4 is 4.90 Å². The minimum atomic E-state index is 0.178. The molecule has 0 unspecified atom stereocenters. The van der Waals surface area contributed by atoms with Gasteiger partial charge >= 0.3 is 0 Å². The summed E-state index contributed by atoms with van der Waals surface area (Å²) in [5, 5.41) is 0. The summed E-state index contributed by atoms with van der Waals surface area (Å²) in [5.74, 6) is 1.42. The molecular weight excluding hydrogens is 374 g/mol. The zero-order valence-electron chi connectivity index (χ0n) is 17.5. The van der Waals surface area contributed by atoms with Crippen molar-refractivity contribution in [1.29, 1.82) is 0 Å². The summed E-state index contributed by atoms with van der Waals surface area (Å²) < 4.78 is 0. The lowest BCUT2D eigenvalue weighted by molar-refractivity contribution is -0.130. The Morgan fingerprint density at radius 1 is 1.00 bits per heavy atom. The highest BCUT2D eigenvalue weighted by atomic mass is 16.2. The van der Waals surface area contributed by atoms with Gasteiger partial charge in [-0.3, -0.25) is 14.5 Å². The third kappa shape index (κ3) is 3.52. The number of amides is 2. The molecule has 3 saturated heterocycles. The Hall–Kier alpha value is -2.66. The number of carbonyl (C=O) groups is 2. The third-order valence-electron chi connectivity index (χ3n) is 7.01. The first-order chi connectivity index (χ1) is 14.6. The van der Waals surface area contributed by atoms with Gasteiger partial charge in [0.2, 0.25) is 11.8 Å². The van der Waals surface area contributed by atoms with Crippen molar-refractivity contribution in [1.82, 2.24) is 9.80 Å². The van der Waals surface area contributed by atoms with Gasteiger partial charge in [-0.2, -0.15) is 0 Å². The van der Waals surface area contributed by atoms with E-state index in [-0.39, 0.29) is 17.9 Å². The summed E-state index contributed by atoms with van der Waals surface area (Å²) in [6.45, 7) is 6.35. The molecule has 0 spiro atoms. The molecular formula is C25H29N3O2. The molecule has 0 aromatic heterocycles. The number of hydrogen-bond donors (Lipinski definition) is 0. The quantitative estimate of drug-likeness (QED) is 0.785. The van der Waals surface area contributed by atoms with Crippen LogP contribution in [-0.4, -0.2) is 47.8 Å². The standard InChI is InChI=1S/C25H29N3O2/c1-18(29)28-16-21-15-26(17-23(21)25(28)20-6-3-2-4-7-20)14-19-9-11-22(12-10-19)27-13-5-8-24(27)30/h2-4,6-7,9-12,21,23,25H,5,8,13-17H2,1H3/t21-,23-,25+/m1/s1. The molecule has 3 heterocycles. The summed E-state index contributed by atoms with van der Waals surface area (Å²) in [7, 11) is 0. The first-order valence-electron chi connectivity index (χ1n) is 11.0. The number of carbonyl (C=O) groups excluding carboxylic acids is 2. The molecule has 3 aliphatic rings. The van der Waals surface area contributed by atoms with Crippen molar-refractivity contribution in [3.8, 4) is 0 Å². The third-order valence-corrected chi connectivity index (χ3v) is 7.01. The van der Waals surface area contributed by atoms with Crippen molar-refractivity contribution in [3.05, 3.63) is 65.7 Å². The van der Waals surface area contributed by atoms with E-state index in [1.165, 1.54) is 11.1 Å². The normalized spacial score (nSPS) is 26.4. The second-order valence-electron chi connectivity index (χ2n) is 8.96. The van der Waals surface area contributed by atoms with Gasteiger partial charge in [-0.25, -0.2) is 0 Å². The highest BCUT2D eigenvalue weighted by molar-refractivity contribution is 5.95. The molecule has 30 heavy (non-hydrogen) atoms. The van der Waals surface area contributed by atoms with Crippen molar-refractivity contribution in [3.63, 3.8) is 0 Å². The molecule has 0 aliphatic carbocycles. The van der Waals surface area contributed by atoms with Gasteiger partial charge in [-0.15, -0.1) is 0 Å². The molecule has 2 amide bonds. The molecule has 3 aliphatic heterocycles. The molecule has 156 valence electrons. The Balaban J connectivity index is 1.28. The highest BCUT2D eigenvalue weighted by Gasteiger charge is 2.48. The smallest absolute Gasteiger partial charge is 0.227 e. The maximum atomic E-state index is 12.3. The van der Waals surface area contributed by atoms with E-state index in [0.29, 0.717) is 18.3 Å².